The average Bonchev–Trinajstić information content (AvgIpc) is 2.61. The number of nitrogens with zero attached hydrogens (tertiary/aromatic N) is 3. The van der Waals surface area contributed by atoms with E-state index in [4.69, 9.17) is 4.99 Å². The number of likely N-dealkylation sites (N-methyl/N-ethyl adjacent to an activating group) is 1. The summed E-state index contributed by atoms with van der Waals surface area (Å²) in [6, 6.07) is 0. The molecule has 1 saturated heterocycles. The lowest BCUT2D eigenvalue weighted by molar-refractivity contribution is 0.111. The van der Waals surface area contributed by atoms with Gasteiger partial charge >= 0.3 is 0 Å². The Morgan fingerprint density at radius 3 is 2.19 bits per heavy atom. The molecule has 0 spiro atoms. The van der Waals surface area contributed by atoms with Crippen molar-refractivity contribution < 1.29 is 0 Å². The van der Waals surface area contributed by atoms with Crippen LogP contribution in [0.1, 0.15) is 60.3 Å². The van der Waals surface area contributed by atoms with Crippen LogP contribution in [-0.2, 0) is 0 Å². The molecule has 5 heteroatoms. The fourth-order valence-electron chi connectivity index (χ4n) is 4.62. The molecule has 2 rings (SSSR count). The third-order valence-corrected chi connectivity index (χ3v) is 6.27. The van der Waals surface area contributed by atoms with Crippen LogP contribution in [-0.4, -0.2) is 74.7 Å². The molecule has 2 N–H and O–H groups in total. The molecule has 0 aromatic heterocycles. The quantitative estimate of drug-likeness (QED) is 0.452. The Labute approximate surface area is 168 Å². The predicted octanol–water partition coefficient (Wildman–Crippen LogP) is 3.03. The van der Waals surface area contributed by atoms with E-state index in [9.17, 15) is 0 Å². The van der Waals surface area contributed by atoms with Gasteiger partial charge in [-0.15, -0.1) is 0 Å². The first kappa shape index (κ1) is 22.5. The van der Waals surface area contributed by atoms with Gasteiger partial charge in [-0.2, -0.15) is 0 Å². The van der Waals surface area contributed by atoms with Crippen LogP contribution < -0.4 is 10.6 Å². The van der Waals surface area contributed by atoms with Gasteiger partial charge in [0.2, 0.25) is 0 Å². The largest absolute Gasteiger partial charge is 0.357 e. The highest BCUT2D eigenvalue weighted by Crippen LogP contribution is 2.46. The summed E-state index contributed by atoms with van der Waals surface area (Å²) in [5.41, 5.74) is 0.473. The lowest BCUT2D eigenvalue weighted by atomic mass is 9.64. The topological polar surface area (TPSA) is 42.9 Å². The number of nitrogens with one attached hydrogen (secondary N) is 2. The van der Waals surface area contributed by atoms with Crippen LogP contribution in [0.5, 0.6) is 0 Å². The third kappa shape index (κ3) is 7.61. The van der Waals surface area contributed by atoms with E-state index >= 15 is 0 Å². The number of guanidine groups is 1. The zero-order chi connectivity index (χ0) is 19.7. The van der Waals surface area contributed by atoms with E-state index in [-0.39, 0.29) is 0 Å². The maximum absolute atomic E-state index is 4.97. The summed E-state index contributed by atoms with van der Waals surface area (Å²) in [6.45, 7) is 21.6. The maximum Gasteiger partial charge on any atom is 0.191 e. The minimum atomic E-state index is 0.473. The molecule has 2 fully saturated rings. The summed E-state index contributed by atoms with van der Waals surface area (Å²) in [5.74, 6) is 2.41. The third-order valence-electron chi connectivity index (χ3n) is 6.27. The standard InChI is InChI=1S/C22H45N5/c1-6-23-21(25-18-22(9-8-10-22)15-19(3)4)24-16-20(5)17-27-13-11-26(7-2)12-14-27/h19-20H,6-18H2,1-5H3,(H2,23,24,25). The van der Waals surface area contributed by atoms with Gasteiger partial charge in [-0.3, -0.25) is 4.99 Å². The molecule has 0 aromatic rings. The minimum Gasteiger partial charge on any atom is -0.357 e. The molecule has 27 heavy (non-hydrogen) atoms. The molecule has 158 valence electrons. The molecule has 1 aliphatic heterocycles. The molecule has 0 amide bonds. The second kappa shape index (κ2) is 11.3. The van der Waals surface area contributed by atoms with E-state index < -0.39 is 0 Å². The predicted molar refractivity (Wildman–Crippen MR) is 117 cm³/mol. The summed E-state index contributed by atoms with van der Waals surface area (Å²) in [4.78, 5) is 10.1. The van der Waals surface area contributed by atoms with Crippen molar-refractivity contribution in [2.75, 3.05) is 58.9 Å². The fraction of sp³-hybridized carbons (Fsp3) is 0.955. The Kier molecular flexibility index (Phi) is 9.37. The van der Waals surface area contributed by atoms with Gasteiger partial charge in [-0.05, 0) is 50.0 Å². The van der Waals surface area contributed by atoms with Crippen LogP contribution in [0.2, 0.25) is 0 Å². The van der Waals surface area contributed by atoms with E-state index in [2.05, 4.69) is 55.1 Å². The number of piperazine rings is 1. The van der Waals surface area contributed by atoms with Gasteiger partial charge in [0.25, 0.3) is 0 Å². The maximum atomic E-state index is 4.97. The van der Waals surface area contributed by atoms with Gasteiger partial charge in [-0.25, -0.2) is 0 Å². The normalized spacial score (nSPS) is 22.5. The number of rotatable bonds is 10. The summed E-state index contributed by atoms with van der Waals surface area (Å²) in [5, 5.41) is 7.05. The van der Waals surface area contributed by atoms with E-state index in [1.165, 1.54) is 65.0 Å². The van der Waals surface area contributed by atoms with E-state index in [1.54, 1.807) is 0 Å². The molecule has 1 saturated carbocycles. The number of hydrogen-bond donors (Lipinski definition) is 2. The Bertz CT molecular complexity index is 436. The fourth-order valence-corrected chi connectivity index (χ4v) is 4.62. The van der Waals surface area contributed by atoms with Crippen LogP contribution in [0, 0.1) is 17.3 Å². The molecule has 1 atom stereocenters. The molecule has 0 bridgehead atoms. The Hall–Kier alpha value is -0.810. The van der Waals surface area contributed by atoms with Gasteiger partial charge in [0.1, 0.15) is 0 Å². The molecule has 0 aromatic carbocycles. The van der Waals surface area contributed by atoms with Crippen molar-refractivity contribution in [2.45, 2.75) is 60.3 Å². The molecular weight excluding hydrogens is 334 g/mol. The first-order valence-corrected chi connectivity index (χ1v) is 11.4. The van der Waals surface area contributed by atoms with Crippen LogP contribution in [0.25, 0.3) is 0 Å². The summed E-state index contributed by atoms with van der Waals surface area (Å²) < 4.78 is 0. The van der Waals surface area contributed by atoms with Gasteiger partial charge in [-0.1, -0.05) is 34.1 Å². The van der Waals surface area contributed by atoms with E-state index in [0.29, 0.717) is 11.3 Å². The van der Waals surface area contributed by atoms with Crippen LogP contribution >= 0.6 is 0 Å². The summed E-state index contributed by atoms with van der Waals surface area (Å²) in [7, 11) is 0. The van der Waals surface area contributed by atoms with Gasteiger partial charge in [0, 0.05) is 52.4 Å². The van der Waals surface area contributed by atoms with Crippen molar-refractivity contribution in [3.05, 3.63) is 0 Å². The van der Waals surface area contributed by atoms with Gasteiger partial charge in [0.15, 0.2) is 5.96 Å². The average molecular weight is 380 g/mol. The molecular formula is C22H45N5. The van der Waals surface area contributed by atoms with Crippen molar-refractivity contribution in [3.8, 4) is 0 Å². The van der Waals surface area contributed by atoms with Crippen LogP contribution in [0.4, 0.5) is 0 Å². The van der Waals surface area contributed by atoms with Crippen molar-refractivity contribution in [1.29, 1.82) is 0 Å². The number of aliphatic imine (C=N–C) groups is 1. The van der Waals surface area contributed by atoms with Crippen LogP contribution in [0.15, 0.2) is 4.99 Å². The van der Waals surface area contributed by atoms with Gasteiger partial charge in [0.05, 0.1) is 0 Å². The second-order valence-corrected chi connectivity index (χ2v) is 9.37. The smallest absolute Gasteiger partial charge is 0.191 e. The molecule has 2 aliphatic rings. The Morgan fingerprint density at radius 1 is 1.00 bits per heavy atom. The minimum absolute atomic E-state index is 0.473. The molecule has 1 heterocycles. The van der Waals surface area contributed by atoms with Crippen LogP contribution in [0.3, 0.4) is 0 Å². The van der Waals surface area contributed by atoms with Crippen molar-refractivity contribution in [2.24, 2.45) is 22.2 Å². The highest BCUT2D eigenvalue weighted by molar-refractivity contribution is 5.79. The second-order valence-electron chi connectivity index (χ2n) is 9.37. The number of hydrogen-bond acceptors (Lipinski definition) is 3. The SMILES string of the molecule is CCNC(=NCC1(CC(C)C)CCC1)NCC(C)CN1CCN(CC)CC1. The zero-order valence-electron chi connectivity index (χ0n) is 18.7. The van der Waals surface area contributed by atoms with Crippen molar-refractivity contribution in [3.63, 3.8) is 0 Å². The summed E-state index contributed by atoms with van der Waals surface area (Å²) in [6.07, 6.45) is 5.41. The zero-order valence-corrected chi connectivity index (χ0v) is 18.7. The summed E-state index contributed by atoms with van der Waals surface area (Å²) >= 11 is 0. The lowest BCUT2D eigenvalue weighted by Crippen LogP contribution is -2.48. The van der Waals surface area contributed by atoms with Crippen molar-refractivity contribution in [1.82, 2.24) is 20.4 Å². The Balaban J connectivity index is 1.76. The van der Waals surface area contributed by atoms with Gasteiger partial charge < -0.3 is 20.4 Å². The monoisotopic (exact) mass is 379 g/mol. The lowest BCUT2D eigenvalue weighted by Gasteiger charge is -2.42. The first-order chi connectivity index (χ1) is 13.0. The van der Waals surface area contributed by atoms with E-state index in [0.717, 1.165) is 31.5 Å². The van der Waals surface area contributed by atoms with E-state index in [1.807, 2.05) is 0 Å². The molecule has 5 nitrogen and oxygen atoms in total. The molecule has 1 aliphatic carbocycles. The highest BCUT2D eigenvalue weighted by Gasteiger charge is 2.37. The first-order valence-electron chi connectivity index (χ1n) is 11.4. The molecule has 1 unspecified atom stereocenters. The Morgan fingerprint density at radius 2 is 1.67 bits per heavy atom. The highest BCUT2D eigenvalue weighted by atomic mass is 15.3. The van der Waals surface area contributed by atoms with Crippen molar-refractivity contribution >= 4 is 5.96 Å². The molecule has 0 radical (unpaired) electrons.